The number of rotatable bonds is 6. The van der Waals surface area contributed by atoms with Crippen molar-refractivity contribution >= 4 is 38.3 Å². The van der Waals surface area contributed by atoms with Gasteiger partial charge in [0.15, 0.2) is 10.9 Å². The van der Waals surface area contributed by atoms with Gasteiger partial charge < -0.3 is 10.2 Å². The average molecular weight is 382 g/mol. The Bertz CT molecular complexity index is 857. The van der Waals surface area contributed by atoms with E-state index >= 15 is 0 Å². The van der Waals surface area contributed by atoms with Crippen molar-refractivity contribution in [1.82, 2.24) is 15.2 Å². The third-order valence-electron chi connectivity index (χ3n) is 4.04. The maximum Gasteiger partial charge on any atom is 0.317 e. The molecule has 8 nitrogen and oxygen atoms in total. The van der Waals surface area contributed by atoms with Gasteiger partial charge in [-0.2, -0.15) is 0 Å². The average Bonchev–Trinajstić information content (AvgIpc) is 3.16. The van der Waals surface area contributed by atoms with Gasteiger partial charge in [0.05, 0.1) is 16.5 Å². The number of hydrogen-bond donors (Lipinski definition) is 2. The molecule has 1 atom stereocenters. The Balaban J connectivity index is 1.64. The van der Waals surface area contributed by atoms with Crippen LogP contribution in [0.15, 0.2) is 28.5 Å². The Hall–Kier alpha value is -2.20. The third kappa shape index (κ3) is 3.90. The highest BCUT2D eigenvalue weighted by molar-refractivity contribution is 7.96. The second-order valence-electron chi connectivity index (χ2n) is 5.77. The number of amides is 2. The summed E-state index contributed by atoms with van der Waals surface area (Å²) >= 11 is 1.18. The van der Waals surface area contributed by atoms with Gasteiger partial charge in [-0.1, -0.05) is 13.0 Å². The van der Waals surface area contributed by atoms with Crippen molar-refractivity contribution in [3.63, 3.8) is 0 Å². The first-order valence-corrected chi connectivity index (χ1v) is 10.2. The Morgan fingerprint density at radius 3 is 2.96 bits per heavy atom. The molecule has 2 amide bonds. The van der Waals surface area contributed by atoms with Crippen molar-refractivity contribution in [2.24, 2.45) is 5.92 Å². The van der Waals surface area contributed by atoms with Crippen LogP contribution in [-0.2, 0) is 21.2 Å². The molecule has 1 aliphatic carbocycles. The zero-order valence-corrected chi connectivity index (χ0v) is 15.2. The number of anilines is 1. The van der Waals surface area contributed by atoms with Gasteiger partial charge in [0.1, 0.15) is 0 Å². The van der Waals surface area contributed by atoms with E-state index in [-0.39, 0.29) is 21.9 Å². The van der Waals surface area contributed by atoms with Gasteiger partial charge in [0.2, 0.25) is 0 Å². The van der Waals surface area contributed by atoms with Gasteiger partial charge in [-0.25, -0.2) is 18.2 Å². The first-order valence-electron chi connectivity index (χ1n) is 7.79. The minimum atomic E-state index is -3.83. The molecule has 1 saturated heterocycles. The van der Waals surface area contributed by atoms with Crippen LogP contribution < -0.4 is 10.0 Å². The lowest BCUT2D eigenvalue weighted by atomic mass is 10.0. The molecule has 0 spiro atoms. The second-order valence-corrected chi connectivity index (χ2v) is 8.31. The van der Waals surface area contributed by atoms with Crippen LogP contribution in [0.3, 0.4) is 0 Å². The van der Waals surface area contributed by atoms with Crippen molar-refractivity contribution in [3.05, 3.63) is 34.2 Å². The summed E-state index contributed by atoms with van der Waals surface area (Å²) in [5.74, 6) is -0.956. The van der Waals surface area contributed by atoms with E-state index in [0.29, 0.717) is 31.7 Å². The number of nitrogens with one attached hydrogen (secondary N) is 2. The predicted molar refractivity (Wildman–Crippen MR) is 94.7 cm³/mol. The van der Waals surface area contributed by atoms with Crippen LogP contribution in [0.4, 0.5) is 9.93 Å². The molecule has 0 bridgehead atoms. The molecule has 2 N–H and O–H groups in total. The Labute approximate surface area is 149 Å². The molecule has 0 aromatic carbocycles. The van der Waals surface area contributed by atoms with Gasteiger partial charge in [0.25, 0.3) is 10.0 Å². The summed E-state index contributed by atoms with van der Waals surface area (Å²) < 4.78 is 27.4. The molecule has 0 radical (unpaired) electrons. The third-order valence-corrected chi connectivity index (χ3v) is 6.55. The van der Waals surface area contributed by atoms with Crippen molar-refractivity contribution in [1.29, 1.82) is 0 Å². The highest BCUT2D eigenvalue weighted by atomic mass is 32.2. The van der Waals surface area contributed by atoms with E-state index in [4.69, 9.17) is 0 Å². The normalized spacial score (nSPS) is 20.6. The molecule has 2 heterocycles. The number of aromatic nitrogens is 1. The summed E-state index contributed by atoms with van der Waals surface area (Å²) in [5, 5.41) is 4.73. The molecule has 2 aliphatic rings. The van der Waals surface area contributed by atoms with Crippen LogP contribution >= 0.6 is 11.3 Å². The molecule has 1 unspecified atom stereocenters. The minimum Gasteiger partial charge on any atom is -0.336 e. The van der Waals surface area contributed by atoms with E-state index < -0.39 is 15.9 Å². The lowest BCUT2D eigenvalue weighted by Gasteiger charge is -2.16. The monoisotopic (exact) mass is 382 g/mol. The number of allylic oxidation sites excluding steroid dienone is 4. The fraction of sp³-hybridized carbons (Fsp3) is 0.400. The standard InChI is InChI=1S/C15H18N4O4S2/c1-10-12(20)3-2-4-13(10)25(22,23)18-14-17-11(9-24-14)5-7-19-8-6-16-15(19)21/h2-4,9-10H,5-8H2,1H3,(H,16,21)(H,17,18). The molecule has 3 rings (SSSR count). The molecule has 1 aliphatic heterocycles. The largest absolute Gasteiger partial charge is 0.336 e. The van der Waals surface area contributed by atoms with Gasteiger partial charge in [-0.05, 0) is 12.2 Å². The fourth-order valence-corrected chi connectivity index (χ4v) is 4.95. The van der Waals surface area contributed by atoms with Gasteiger partial charge in [0, 0.05) is 31.4 Å². The number of ketones is 1. The first kappa shape index (κ1) is 17.6. The van der Waals surface area contributed by atoms with E-state index in [1.807, 2.05) is 0 Å². The van der Waals surface area contributed by atoms with E-state index in [1.165, 1.54) is 29.6 Å². The van der Waals surface area contributed by atoms with Crippen LogP contribution in [0.5, 0.6) is 0 Å². The summed E-state index contributed by atoms with van der Waals surface area (Å²) in [6, 6.07) is -0.0906. The van der Waals surface area contributed by atoms with Crippen LogP contribution in [0.2, 0.25) is 0 Å². The number of carbonyl (C=O) groups excluding carboxylic acids is 2. The van der Waals surface area contributed by atoms with E-state index in [9.17, 15) is 18.0 Å². The number of thiazole rings is 1. The summed E-state index contributed by atoms with van der Waals surface area (Å²) in [7, 11) is -3.83. The lowest BCUT2D eigenvalue weighted by Crippen LogP contribution is -2.30. The topological polar surface area (TPSA) is 108 Å². The molecule has 10 heteroatoms. The van der Waals surface area contributed by atoms with E-state index in [1.54, 1.807) is 17.2 Å². The van der Waals surface area contributed by atoms with Crippen LogP contribution in [0.25, 0.3) is 0 Å². The SMILES string of the molecule is CC1C(=O)C=CC=C1S(=O)(=O)Nc1nc(CCN2CCNC2=O)cs1. The molecule has 25 heavy (non-hydrogen) atoms. The smallest absolute Gasteiger partial charge is 0.317 e. The molecule has 0 saturated carbocycles. The second kappa shape index (κ2) is 6.96. The highest BCUT2D eigenvalue weighted by Crippen LogP contribution is 2.26. The van der Waals surface area contributed by atoms with E-state index in [0.717, 1.165) is 0 Å². The summed E-state index contributed by atoms with van der Waals surface area (Å²) in [6.07, 6.45) is 4.77. The van der Waals surface area contributed by atoms with Crippen LogP contribution in [0, 0.1) is 5.92 Å². The quantitative estimate of drug-likeness (QED) is 0.766. The van der Waals surface area contributed by atoms with Gasteiger partial charge >= 0.3 is 6.03 Å². The summed E-state index contributed by atoms with van der Waals surface area (Å²) in [4.78, 5) is 29.1. The van der Waals surface area contributed by atoms with Gasteiger partial charge in [-0.3, -0.25) is 9.52 Å². The van der Waals surface area contributed by atoms with Crippen molar-refractivity contribution in [2.45, 2.75) is 13.3 Å². The summed E-state index contributed by atoms with van der Waals surface area (Å²) in [5.41, 5.74) is 0.712. The Morgan fingerprint density at radius 2 is 2.24 bits per heavy atom. The first-order chi connectivity index (χ1) is 11.9. The number of sulfonamides is 1. The lowest BCUT2D eigenvalue weighted by molar-refractivity contribution is -0.116. The minimum absolute atomic E-state index is 0.0329. The summed E-state index contributed by atoms with van der Waals surface area (Å²) in [6.45, 7) is 3.39. The molecule has 134 valence electrons. The molecular weight excluding hydrogens is 364 g/mol. The highest BCUT2D eigenvalue weighted by Gasteiger charge is 2.29. The Morgan fingerprint density at radius 1 is 1.44 bits per heavy atom. The maximum atomic E-state index is 12.5. The van der Waals surface area contributed by atoms with Crippen molar-refractivity contribution in [3.8, 4) is 0 Å². The van der Waals surface area contributed by atoms with Crippen molar-refractivity contribution < 1.29 is 18.0 Å². The number of carbonyl (C=O) groups is 2. The number of nitrogens with zero attached hydrogens (tertiary/aromatic N) is 2. The van der Waals surface area contributed by atoms with Crippen LogP contribution in [-0.4, -0.2) is 49.8 Å². The molecule has 1 aromatic rings. The van der Waals surface area contributed by atoms with Crippen LogP contribution in [0.1, 0.15) is 12.6 Å². The maximum absolute atomic E-state index is 12.5. The van der Waals surface area contributed by atoms with E-state index in [2.05, 4.69) is 15.0 Å². The molecule has 1 aromatic heterocycles. The number of hydrogen-bond acceptors (Lipinski definition) is 6. The zero-order valence-electron chi connectivity index (χ0n) is 13.6. The fourth-order valence-electron chi connectivity index (χ4n) is 2.61. The Kier molecular flexibility index (Phi) is 4.91. The zero-order chi connectivity index (χ0) is 18.0. The van der Waals surface area contributed by atoms with Gasteiger partial charge in [-0.15, -0.1) is 11.3 Å². The van der Waals surface area contributed by atoms with Crippen molar-refractivity contribution in [2.75, 3.05) is 24.4 Å². The predicted octanol–water partition coefficient (Wildman–Crippen LogP) is 1.11. The molecular formula is C15H18N4O4S2. The number of urea groups is 1. The molecule has 1 fully saturated rings.